The summed E-state index contributed by atoms with van der Waals surface area (Å²) in [6, 6.07) is 6.73. The van der Waals surface area contributed by atoms with Crippen LogP contribution in [0, 0.1) is 6.92 Å². The molecule has 0 saturated heterocycles. The maximum atomic E-state index is 12.5. The first-order chi connectivity index (χ1) is 10.6. The van der Waals surface area contributed by atoms with Crippen molar-refractivity contribution in [3.8, 4) is 11.4 Å². The third-order valence-electron chi connectivity index (χ3n) is 2.96. The Labute approximate surface area is 129 Å². The van der Waals surface area contributed by atoms with Gasteiger partial charge in [0.1, 0.15) is 11.5 Å². The molecule has 0 aliphatic carbocycles. The summed E-state index contributed by atoms with van der Waals surface area (Å²) in [6.45, 7) is 1.98. The number of hydrogen-bond donors (Lipinski definition) is 1. The molecule has 1 N–H and O–H groups in total. The number of halogens is 2. The third kappa shape index (κ3) is 3.25. The van der Waals surface area contributed by atoms with Crippen molar-refractivity contribution in [2.75, 3.05) is 5.32 Å². The largest absolute Gasteiger partial charge is 0.316 e. The summed E-state index contributed by atoms with van der Waals surface area (Å²) in [6.07, 6.45) is 0.382. The van der Waals surface area contributed by atoms with Crippen LogP contribution in [0.25, 0.3) is 11.4 Å². The number of nitrogens with one attached hydrogen (secondary N) is 1. The number of hydrogen-bond acceptors (Lipinski definition) is 5. The van der Waals surface area contributed by atoms with Crippen LogP contribution in [0.2, 0.25) is 0 Å². The van der Waals surface area contributed by atoms with E-state index in [-0.39, 0.29) is 5.56 Å². The lowest BCUT2D eigenvalue weighted by Gasteiger charge is -2.02. The van der Waals surface area contributed by atoms with Crippen LogP contribution in [-0.2, 0) is 0 Å². The molecule has 0 amide bonds. The van der Waals surface area contributed by atoms with Gasteiger partial charge in [0.25, 0.3) is 6.43 Å². The van der Waals surface area contributed by atoms with Crippen molar-refractivity contribution in [1.29, 1.82) is 0 Å². The fourth-order valence-electron chi connectivity index (χ4n) is 1.85. The van der Waals surface area contributed by atoms with Crippen molar-refractivity contribution >= 4 is 22.3 Å². The number of nitrogens with zero attached hydrogens (tertiary/aromatic N) is 3. The van der Waals surface area contributed by atoms with Gasteiger partial charge in [0.2, 0.25) is 0 Å². The zero-order valence-electron chi connectivity index (χ0n) is 11.6. The molecule has 0 unspecified atom stereocenters. The molecule has 0 aromatic carbocycles. The van der Waals surface area contributed by atoms with Crippen molar-refractivity contribution in [3.05, 3.63) is 53.2 Å². The van der Waals surface area contributed by atoms with Gasteiger partial charge in [0.05, 0.1) is 5.69 Å². The van der Waals surface area contributed by atoms with Crippen molar-refractivity contribution in [2.45, 2.75) is 13.3 Å². The molecule has 0 atom stereocenters. The highest BCUT2D eigenvalue weighted by Crippen LogP contribution is 2.27. The predicted molar refractivity (Wildman–Crippen MR) is 82.6 cm³/mol. The average molecular weight is 318 g/mol. The molecular formula is C15H12F2N4S. The second kappa shape index (κ2) is 6.15. The van der Waals surface area contributed by atoms with E-state index in [9.17, 15) is 8.78 Å². The van der Waals surface area contributed by atoms with E-state index in [1.165, 1.54) is 23.6 Å². The van der Waals surface area contributed by atoms with Gasteiger partial charge in [-0.2, -0.15) is 0 Å². The van der Waals surface area contributed by atoms with Crippen LogP contribution in [0.3, 0.4) is 0 Å². The zero-order chi connectivity index (χ0) is 15.5. The van der Waals surface area contributed by atoms with Crippen LogP contribution in [-0.4, -0.2) is 15.0 Å². The maximum absolute atomic E-state index is 12.5. The Morgan fingerprint density at radius 1 is 1.14 bits per heavy atom. The second-order valence-electron chi connectivity index (χ2n) is 4.66. The molecule has 112 valence electrons. The second-order valence-corrected chi connectivity index (χ2v) is 5.52. The highest BCUT2D eigenvalue weighted by molar-refractivity contribution is 7.14. The SMILES string of the molecule is Cc1ccnc(Nc2nc(-c3ccc(C(F)F)cn3)cs2)c1. The summed E-state index contributed by atoms with van der Waals surface area (Å²) in [7, 11) is 0. The van der Waals surface area contributed by atoms with Gasteiger partial charge in [0, 0.05) is 23.3 Å². The molecule has 22 heavy (non-hydrogen) atoms. The van der Waals surface area contributed by atoms with Crippen LogP contribution >= 0.6 is 11.3 Å². The molecule has 3 aromatic heterocycles. The van der Waals surface area contributed by atoms with Gasteiger partial charge in [-0.25, -0.2) is 18.7 Å². The van der Waals surface area contributed by atoms with Gasteiger partial charge in [-0.1, -0.05) is 0 Å². The van der Waals surface area contributed by atoms with Crippen LogP contribution in [0.15, 0.2) is 42.0 Å². The smallest absolute Gasteiger partial charge is 0.265 e. The predicted octanol–water partition coefficient (Wildman–Crippen LogP) is 4.59. The van der Waals surface area contributed by atoms with E-state index in [1.54, 1.807) is 12.3 Å². The van der Waals surface area contributed by atoms with Crippen molar-refractivity contribution in [3.63, 3.8) is 0 Å². The Morgan fingerprint density at radius 3 is 2.68 bits per heavy atom. The lowest BCUT2D eigenvalue weighted by Crippen LogP contribution is -1.93. The highest BCUT2D eigenvalue weighted by Gasteiger charge is 2.10. The molecule has 3 aromatic rings. The standard InChI is InChI=1S/C15H12F2N4S/c1-9-4-5-18-13(6-9)21-15-20-12(8-22-15)11-3-2-10(7-19-11)14(16)17/h2-8,14H,1H3,(H,18,20,21). The van der Waals surface area contributed by atoms with Gasteiger partial charge in [0.15, 0.2) is 5.13 Å². The van der Waals surface area contributed by atoms with Gasteiger partial charge >= 0.3 is 0 Å². The van der Waals surface area contributed by atoms with E-state index in [4.69, 9.17) is 0 Å². The molecule has 0 bridgehead atoms. The summed E-state index contributed by atoms with van der Waals surface area (Å²) < 4.78 is 25.0. The Kier molecular flexibility index (Phi) is 4.06. The van der Waals surface area contributed by atoms with Gasteiger partial charge < -0.3 is 5.32 Å². The monoisotopic (exact) mass is 318 g/mol. The topological polar surface area (TPSA) is 50.7 Å². The fraction of sp³-hybridized carbons (Fsp3) is 0.133. The Bertz CT molecular complexity index is 771. The van der Waals surface area contributed by atoms with Crippen LogP contribution in [0.4, 0.5) is 19.7 Å². The van der Waals surface area contributed by atoms with Gasteiger partial charge in [-0.3, -0.25) is 4.98 Å². The summed E-state index contributed by atoms with van der Waals surface area (Å²) >= 11 is 1.41. The van der Waals surface area contributed by atoms with Crippen LogP contribution < -0.4 is 5.32 Å². The minimum absolute atomic E-state index is 0.0960. The summed E-state index contributed by atoms with van der Waals surface area (Å²) in [4.78, 5) is 12.6. The minimum atomic E-state index is -2.51. The van der Waals surface area contributed by atoms with E-state index in [0.29, 0.717) is 22.3 Å². The van der Waals surface area contributed by atoms with Crippen molar-refractivity contribution < 1.29 is 8.78 Å². The third-order valence-corrected chi connectivity index (χ3v) is 3.71. The highest BCUT2D eigenvalue weighted by atomic mass is 32.1. The molecule has 3 heterocycles. The lowest BCUT2D eigenvalue weighted by atomic mass is 10.2. The first-order valence-electron chi connectivity index (χ1n) is 6.51. The van der Waals surface area contributed by atoms with Crippen molar-refractivity contribution in [2.24, 2.45) is 0 Å². The number of rotatable bonds is 4. The molecule has 0 aliphatic rings. The summed E-state index contributed by atoms with van der Waals surface area (Å²) in [5, 5.41) is 5.61. The molecule has 3 rings (SSSR count). The normalized spacial score (nSPS) is 10.9. The number of pyridine rings is 2. The Balaban J connectivity index is 1.78. The maximum Gasteiger partial charge on any atom is 0.265 e. The molecular weight excluding hydrogens is 306 g/mol. The van der Waals surface area contributed by atoms with E-state index < -0.39 is 6.43 Å². The first kappa shape index (κ1) is 14.5. The average Bonchev–Trinajstić information content (AvgIpc) is 2.96. The minimum Gasteiger partial charge on any atom is -0.316 e. The molecule has 4 nitrogen and oxygen atoms in total. The number of alkyl halides is 2. The van der Waals surface area contributed by atoms with Crippen LogP contribution in [0.5, 0.6) is 0 Å². The first-order valence-corrected chi connectivity index (χ1v) is 7.39. The quantitative estimate of drug-likeness (QED) is 0.764. The fourth-order valence-corrected chi connectivity index (χ4v) is 2.56. The number of aromatic nitrogens is 3. The van der Waals surface area contributed by atoms with Gasteiger partial charge in [-0.15, -0.1) is 11.3 Å². The molecule has 0 radical (unpaired) electrons. The van der Waals surface area contributed by atoms with E-state index in [1.807, 2.05) is 24.4 Å². The number of thiazole rings is 1. The van der Waals surface area contributed by atoms with E-state index in [0.717, 1.165) is 5.56 Å². The molecule has 0 aliphatic heterocycles. The molecule has 7 heteroatoms. The zero-order valence-corrected chi connectivity index (χ0v) is 12.4. The Morgan fingerprint density at radius 2 is 2.00 bits per heavy atom. The van der Waals surface area contributed by atoms with Crippen molar-refractivity contribution in [1.82, 2.24) is 15.0 Å². The van der Waals surface area contributed by atoms with E-state index in [2.05, 4.69) is 20.3 Å². The number of aryl methyl sites for hydroxylation is 1. The molecule has 0 spiro atoms. The molecule has 0 saturated carbocycles. The molecule has 0 fully saturated rings. The van der Waals surface area contributed by atoms with Gasteiger partial charge in [-0.05, 0) is 36.8 Å². The van der Waals surface area contributed by atoms with Crippen LogP contribution in [0.1, 0.15) is 17.6 Å². The summed E-state index contributed by atoms with van der Waals surface area (Å²) in [5.41, 5.74) is 2.20. The van der Waals surface area contributed by atoms with E-state index >= 15 is 0 Å². The lowest BCUT2D eigenvalue weighted by molar-refractivity contribution is 0.151. The summed E-state index contributed by atoms with van der Waals surface area (Å²) in [5.74, 6) is 0.710. The Hall–Kier alpha value is -2.41. The number of anilines is 2.